The van der Waals surface area contributed by atoms with Crippen LogP contribution in [0.4, 0.5) is 5.69 Å². The van der Waals surface area contributed by atoms with E-state index < -0.39 is 10.9 Å². The minimum absolute atomic E-state index is 0.0352. The van der Waals surface area contributed by atoms with E-state index in [1.54, 1.807) is 67.1 Å². The third-order valence-corrected chi connectivity index (χ3v) is 4.00. The van der Waals surface area contributed by atoms with E-state index in [-0.39, 0.29) is 5.69 Å². The fraction of sp³-hybridized carbons (Fsp3) is 0.158. The van der Waals surface area contributed by atoms with E-state index in [0.29, 0.717) is 29.2 Å². The van der Waals surface area contributed by atoms with Crippen LogP contribution in [0, 0.1) is 24.0 Å². The molecule has 0 bridgehead atoms. The second-order valence-electron chi connectivity index (χ2n) is 5.83. The van der Waals surface area contributed by atoms with Gasteiger partial charge in [0.15, 0.2) is 0 Å². The van der Waals surface area contributed by atoms with Crippen LogP contribution in [0.2, 0.25) is 0 Å². The molecule has 0 unspecified atom stereocenters. The molecule has 0 amide bonds. The lowest BCUT2D eigenvalue weighted by Gasteiger charge is -2.06. The summed E-state index contributed by atoms with van der Waals surface area (Å²) in [6, 6.07) is 15.7. The number of para-hydroxylation sites is 1. The second-order valence-corrected chi connectivity index (χ2v) is 5.83. The maximum absolute atomic E-state index is 12.1. The molecule has 3 aromatic rings. The summed E-state index contributed by atoms with van der Waals surface area (Å²) in [7, 11) is 0. The number of esters is 1. The number of nitro groups is 1. The minimum Gasteiger partial charge on any atom is -0.423 e. The third kappa shape index (κ3) is 3.61. The molecule has 0 N–H and O–H groups in total. The van der Waals surface area contributed by atoms with Crippen molar-refractivity contribution in [3.05, 3.63) is 87.2 Å². The van der Waals surface area contributed by atoms with Gasteiger partial charge in [-0.2, -0.15) is 5.10 Å². The first-order valence-electron chi connectivity index (χ1n) is 8.00. The normalized spacial score (nSPS) is 10.5. The molecule has 0 aliphatic rings. The number of aryl methyl sites for hydroxylation is 1. The third-order valence-electron chi connectivity index (χ3n) is 4.00. The van der Waals surface area contributed by atoms with Crippen LogP contribution in [0.3, 0.4) is 0 Å². The van der Waals surface area contributed by atoms with Crippen LogP contribution in [-0.4, -0.2) is 20.7 Å². The maximum atomic E-state index is 12.1. The Kier molecular flexibility index (Phi) is 4.79. The van der Waals surface area contributed by atoms with E-state index in [0.717, 1.165) is 5.56 Å². The molecular weight excluding hydrogens is 334 g/mol. The summed E-state index contributed by atoms with van der Waals surface area (Å²) in [5, 5.41) is 15.3. The topological polar surface area (TPSA) is 87.3 Å². The summed E-state index contributed by atoms with van der Waals surface area (Å²) in [4.78, 5) is 22.8. The Balaban J connectivity index is 1.73. The summed E-state index contributed by atoms with van der Waals surface area (Å²) < 4.78 is 6.88. The number of hydrogen-bond donors (Lipinski definition) is 0. The molecule has 0 radical (unpaired) electrons. The minimum atomic E-state index is -0.440. The van der Waals surface area contributed by atoms with Gasteiger partial charge in [-0.25, -0.2) is 4.79 Å². The summed E-state index contributed by atoms with van der Waals surface area (Å²) in [5.74, 6) is 0.0426. The molecule has 0 spiro atoms. The van der Waals surface area contributed by atoms with Crippen molar-refractivity contribution in [3.63, 3.8) is 0 Å². The molecule has 0 saturated heterocycles. The number of hydrogen-bond acceptors (Lipinski definition) is 5. The van der Waals surface area contributed by atoms with Crippen molar-refractivity contribution in [2.45, 2.75) is 20.4 Å². The zero-order valence-corrected chi connectivity index (χ0v) is 14.4. The van der Waals surface area contributed by atoms with Crippen molar-refractivity contribution >= 4 is 11.7 Å². The Bertz CT molecular complexity index is 947. The van der Waals surface area contributed by atoms with Gasteiger partial charge < -0.3 is 4.74 Å². The molecule has 0 saturated carbocycles. The number of carbonyl (C=O) groups is 1. The fourth-order valence-electron chi connectivity index (χ4n) is 2.68. The lowest BCUT2D eigenvalue weighted by Crippen LogP contribution is -2.09. The van der Waals surface area contributed by atoms with Crippen LogP contribution >= 0.6 is 0 Å². The van der Waals surface area contributed by atoms with Crippen LogP contribution < -0.4 is 4.74 Å². The van der Waals surface area contributed by atoms with E-state index in [1.165, 1.54) is 0 Å². The van der Waals surface area contributed by atoms with Crippen molar-refractivity contribution in [1.82, 2.24) is 9.78 Å². The zero-order valence-electron chi connectivity index (χ0n) is 14.4. The van der Waals surface area contributed by atoms with E-state index in [2.05, 4.69) is 5.10 Å². The molecule has 2 aromatic carbocycles. The van der Waals surface area contributed by atoms with Crippen molar-refractivity contribution in [2.75, 3.05) is 0 Å². The first-order chi connectivity index (χ1) is 12.5. The molecule has 1 aromatic heterocycles. The highest BCUT2D eigenvalue weighted by Gasteiger charge is 2.21. The number of rotatable bonds is 5. The van der Waals surface area contributed by atoms with Crippen molar-refractivity contribution in [1.29, 1.82) is 0 Å². The van der Waals surface area contributed by atoms with Crippen LogP contribution in [0.25, 0.3) is 0 Å². The average molecular weight is 351 g/mol. The zero-order chi connectivity index (χ0) is 18.7. The standard InChI is InChI=1S/C19H17N3O4/c1-13-18(22(24)25)14(2)21(20-13)12-15-8-10-16(11-9-15)19(23)26-17-6-4-3-5-7-17/h3-11H,12H2,1-2H3. The highest BCUT2D eigenvalue weighted by Crippen LogP contribution is 2.22. The molecule has 0 aliphatic carbocycles. The van der Waals surface area contributed by atoms with Gasteiger partial charge in [0.1, 0.15) is 17.1 Å². The second kappa shape index (κ2) is 7.18. The van der Waals surface area contributed by atoms with Crippen molar-refractivity contribution in [2.24, 2.45) is 0 Å². The quantitative estimate of drug-likeness (QED) is 0.303. The summed E-state index contributed by atoms with van der Waals surface area (Å²) in [6.45, 7) is 3.67. The average Bonchev–Trinajstić information content (AvgIpc) is 2.90. The van der Waals surface area contributed by atoms with Gasteiger partial charge in [0.05, 0.1) is 17.0 Å². The van der Waals surface area contributed by atoms with E-state index in [1.807, 2.05) is 6.07 Å². The first kappa shape index (κ1) is 17.3. The molecule has 1 heterocycles. The number of ether oxygens (including phenoxy) is 1. The Morgan fingerprint density at radius 1 is 1.12 bits per heavy atom. The molecule has 0 aliphatic heterocycles. The Labute approximate surface area is 150 Å². The molecule has 132 valence electrons. The van der Waals surface area contributed by atoms with Crippen LogP contribution in [-0.2, 0) is 6.54 Å². The highest BCUT2D eigenvalue weighted by atomic mass is 16.6. The monoisotopic (exact) mass is 351 g/mol. The first-order valence-corrected chi connectivity index (χ1v) is 8.00. The Hall–Kier alpha value is -3.48. The number of carbonyl (C=O) groups excluding carboxylic acids is 1. The predicted molar refractivity (Wildman–Crippen MR) is 95.3 cm³/mol. The van der Waals surface area contributed by atoms with Gasteiger partial charge in [-0.1, -0.05) is 30.3 Å². The lowest BCUT2D eigenvalue weighted by atomic mass is 10.1. The lowest BCUT2D eigenvalue weighted by molar-refractivity contribution is -0.386. The molecule has 26 heavy (non-hydrogen) atoms. The Morgan fingerprint density at radius 2 is 1.77 bits per heavy atom. The number of nitrogens with zero attached hydrogens (tertiary/aromatic N) is 3. The van der Waals surface area contributed by atoms with Gasteiger partial charge >= 0.3 is 11.7 Å². The SMILES string of the molecule is Cc1nn(Cc2ccc(C(=O)Oc3ccccc3)cc2)c(C)c1[N+](=O)[O-]. The van der Waals surface area contributed by atoms with Gasteiger partial charge in [0, 0.05) is 0 Å². The van der Waals surface area contributed by atoms with Gasteiger partial charge in [-0.05, 0) is 43.7 Å². The largest absolute Gasteiger partial charge is 0.423 e. The molecule has 3 rings (SSSR count). The van der Waals surface area contributed by atoms with Crippen molar-refractivity contribution < 1.29 is 14.5 Å². The fourth-order valence-corrected chi connectivity index (χ4v) is 2.68. The van der Waals surface area contributed by atoms with Crippen LogP contribution in [0.5, 0.6) is 5.75 Å². The maximum Gasteiger partial charge on any atom is 0.343 e. The Morgan fingerprint density at radius 3 is 2.35 bits per heavy atom. The van der Waals surface area contributed by atoms with Gasteiger partial charge in [0.25, 0.3) is 0 Å². The summed E-state index contributed by atoms with van der Waals surface area (Å²) in [6.07, 6.45) is 0. The van der Waals surface area contributed by atoms with Crippen LogP contribution in [0.1, 0.15) is 27.3 Å². The number of benzene rings is 2. The molecule has 0 fully saturated rings. The molecular formula is C19H17N3O4. The summed E-state index contributed by atoms with van der Waals surface area (Å²) in [5.41, 5.74) is 2.22. The highest BCUT2D eigenvalue weighted by molar-refractivity contribution is 5.91. The molecule has 0 atom stereocenters. The van der Waals surface area contributed by atoms with Crippen molar-refractivity contribution in [3.8, 4) is 5.75 Å². The van der Waals surface area contributed by atoms with Gasteiger partial charge in [-0.3, -0.25) is 14.8 Å². The summed E-state index contributed by atoms with van der Waals surface area (Å²) >= 11 is 0. The smallest absolute Gasteiger partial charge is 0.343 e. The van der Waals surface area contributed by atoms with Crippen LogP contribution in [0.15, 0.2) is 54.6 Å². The van der Waals surface area contributed by atoms with E-state index in [9.17, 15) is 14.9 Å². The van der Waals surface area contributed by atoms with E-state index in [4.69, 9.17) is 4.74 Å². The van der Waals surface area contributed by atoms with Gasteiger partial charge in [-0.15, -0.1) is 0 Å². The molecule has 7 nitrogen and oxygen atoms in total. The van der Waals surface area contributed by atoms with E-state index >= 15 is 0 Å². The molecule has 7 heteroatoms. The van der Waals surface area contributed by atoms with Gasteiger partial charge in [0.2, 0.25) is 0 Å². The predicted octanol–water partition coefficient (Wildman–Crippen LogP) is 3.68. The number of aromatic nitrogens is 2.